The van der Waals surface area contributed by atoms with Gasteiger partial charge in [0, 0.05) is 19.0 Å². The number of fused-ring (bicyclic) bond motifs is 1. The van der Waals surface area contributed by atoms with Crippen LogP contribution in [0.25, 0.3) is 11.0 Å². The number of nitrogens with zero attached hydrogens (tertiary/aromatic N) is 3. The van der Waals surface area contributed by atoms with E-state index in [0.717, 1.165) is 5.56 Å². The highest BCUT2D eigenvalue weighted by atomic mass is 35.5. The molecule has 0 bridgehead atoms. The van der Waals surface area contributed by atoms with Crippen molar-refractivity contribution >= 4 is 34.2 Å². The van der Waals surface area contributed by atoms with Crippen LogP contribution < -0.4 is 4.74 Å². The Bertz CT molecular complexity index is 1390. The van der Waals surface area contributed by atoms with Gasteiger partial charge in [0.2, 0.25) is 5.88 Å². The van der Waals surface area contributed by atoms with Crippen molar-refractivity contribution in [3.05, 3.63) is 89.1 Å². The summed E-state index contributed by atoms with van der Waals surface area (Å²) in [4.78, 5) is 38.4. The van der Waals surface area contributed by atoms with E-state index in [1.165, 1.54) is 24.7 Å². The number of benzene rings is 2. The van der Waals surface area contributed by atoms with Gasteiger partial charge in [0.15, 0.2) is 17.1 Å². The lowest BCUT2D eigenvalue weighted by Crippen LogP contribution is -2.28. The molecule has 2 aromatic heterocycles. The van der Waals surface area contributed by atoms with Gasteiger partial charge in [-0.3, -0.25) is 9.59 Å². The first-order valence-corrected chi connectivity index (χ1v) is 11.1. The zero-order valence-corrected chi connectivity index (χ0v) is 18.8. The first-order chi connectivity index (χ1) is 16.4. The van der Waals surface area contributed by atoms with Crippen molar-refractivity contribution in [1.29, 1.82) is 0 Å². The Morgan fingerprint density at radius 2 is 1.53 bits per heavy atom. The minimum atomic E-state index is -0.920. The van der Waals surface area contributed by atoms with Crippen LogP contribution in [0.4, 0.5) is 4.39 Å². The summed E-state index contributed by atoms with van der Waals surface area (Å²) in [5.74, 6) is 0.285. The minimum Gasteiger partial charge on any atom is -0.437 e. The number of carbonyl (C=O) groups excluding carboxylic acids is 2. The van der Waals surface area contributed by atoms with Crippen LogP contribution in [0.3, 0.4) is 0 Å². The van der Waals surface area contributed by atoms with Crippen LogP contribution in [0, 0.1) is 11.2 Å². The number of Topliss-reactive ketones (excluding diaryl/α,β-unsaturated/α-hetero) is 2. The highest BCUT2D eigenvalue weighted by Crippen LogP contribution is 2.48. The number of carbonyl (C=O) groups is 2. The zero-order valence-electron chi connectivity index (χ0n) is 18.0. The molecular weight excluding hydrogens is 457 g/mol. The first kappa shape index (κ1) is 22.1. The largest absolute Gasteiger partial charge is 0.437 e. The maximum atomic E-state index is 13.1. The lowest BCUT2D eigenvalue weighted by molar-refractivity contribution is -0.133. The number of ether oxygens (including phenoxy) is 1. The number of aromatic nitrogens is 3. The van der Waals surface area contributed by atoms with Gasteiger partial charge >= 0.3 is 0 Å². The summed E-state index contributed by atoms with van der Waals surface area (Å²) in [5.41, 5.74) is 1.63. The normalized spacial score (nSPS) is 14.1. The van der Waals surface area contributed by atoms with Crippen LogP contribution in [0.2, 0.25) is 5.02 Å². The van der Waals surface area contributed by atoms with Gasteiger partial charge in [-0.15, -0.1) is 0 Å². The fourth-order valence-corrected chi connectivity index (χ4v) is 4.06. The maximum absolute atomic E-state index is 13.1. The predicted molar refractivity (Wildman–Crippen MR) is 124 cm³/mol. The van der Waals surface area contributed by atoms with Gasteiger partial charge in [0.1, 0.15) is 17.9 Å². The Morgan fingerprint density at radius 3 is 2.15 bits per heavy atom. The summed E-state index contributed by atoms with van der Waals surface area (Å²) in [6.45, 7) is 0. The summed E-state index contributed by atoms with van der Waals surface area (Å²) in [6.07, 6.45) is 4.28. The number of ketones is 2. The molecule has 1 fully saturated rings. The highest BCUT2D eigenvalue weighted by Gasteiger charge is 2.54. The number of pyridine rings is 1. The molecule has 1 saturated carbocycles. The van der Waals surface area contributed by atoms with Gasteiger partial charge in [-0.1, -0.05) is 35.9 Å². The van der Waals surface area contributed by atoms with Gasteiger partial charge in [-0.2, -0.15) is 4.98 Å². The molecule has 5 rings (SSSR count). The second-order valence-corrected chi connectivity index (χ2v) is 8.79. The van der Waals surface area contributed by atoms with Gasteiger partial charge in [-0.25, -0.2) is 14.4 Å². The van der Waals surface area contributed by atoms with Gasteiger partial charge < -0.3 is 4.74 Å². The molecule has 0 unspecified atom stereocenters. The van der Waals surface area contributed by atoms with Gasteiger partial charge in [0.25, 0.3) is 0 Å². The molecule has 0 radical (unpaired) electrons. The molecule has 0 amide bonds. The average molecular weight is 476 g/mol. The van der Waals surface area contributed by atoms with Crippen molar-refractivity contribution in [2.75, 3.05) is 0 Å². The first-order valence-electron chi connectivity index (χ1n) is 10.8. The molecule has 2 heterocycles. The summed E-state index contributed by atoms with van der Waals surface area (Å²) in [7, 11) is 0. The summed E-state index contributed by atoms with van der Waals surface area (Å²) in [5, 5.41) is 0.468. The van der Waals surface area contributed by atoms with Crippen LogP contribution in [-0.2, 0) is 22.4 Å². The quantitative estimate of drug-likeness (QED) is 0.321. The van der Waals surface area contributed by atoms with E-state index >= 15 is 0 Å². The Morgan fingerprint density at radius 1 is 0.912 bits per heavy atom. The molecule has 6 nitrogen and oxygen atoms in total. The molecule has 0 saturated heterocycles. The molecular formula is C26H19ClFN3O3. The van der Waals surface area contributed by atoms with E-state index < -0.39 is 5.41 Å². The smallest absolute Gasteiger partial charge is 0.249 e. The van der Waals surface area contributed by atoms with E-state index in [2.05, 4.69) is 15.0 Å². The van der Waals surface area contributed by atoms with E-state index in [-0.39, 0.29) is 30.2 Å². The van der Waals surface area contributed by atoms with Crippen LogP contribution in [-0.4, -0.2) is 26.5 Å². The van der Waals surface area contributed by atoms with E-state index in [1.54, 1.807) is 42.5 Å². The molecule has 2 aromatic carbocycles. The topological polar surface area (TPSA) is 82.0 Å². The molecule has 34 heavy (non-hydrogen) atoms. The maximum Gasteiger partial charge on any atom is 0.249 e. The third-order valence-corrected chi connectivity index (χ3v) is 6.21. The number of hydrogen-bond donors (Lipinski definition) is 0. The summed E-state index contributed by atoms with van der Waals surface area (Å²) in [6, 6.07) is 14.6. The number of halogens is 2. The van der Waals surface area contributed by atoms with Crippen molar-refractivity contribution in [3.8, 4) is 11.6 Å². The fourth-order valence-electron chi connectivity index (χ4n) is 3.91. The average Bonchev–Trinajstić information content (AvgIpc) is 3.64. The van der Waals surface area contributed by atoms with Crippen LogP contribution in [0.1, 0.15) is 24.0 Å². The van der Waals surface area contributed by atoms with E-state index in [4.69, 9.17) is 16.3 Å². The van der Waals surface area contributed by atoms with Crippen molar-refractivity contribution in [3.63, 3.8) is 0 Å². The van der Waals surface area contributed by atoms with Crippen LogP contribution in [0.5, 0.6) is 11.6 Å². The summed E-state index contributed by atoms with van der Waals surface area (Å²) >= 11 is 5.97. The minimum absolute atomic E-state index is 0.0869. The summed E-state index contributed by atoms with van der Waals surface area (Å²) < 4.78 is 19.0. The molecule has 0 atom stereocenters. The van der Waals surface area contributed by atoms with Crippen LogP contribution in [0.15, 0.2) is 67.1 Å². The van der Waals surface area contributed by atoms with Gasteiger partial charge in [0.05, 0.1) is 16.0 Å². The SMILES string of the molecule is O=C(Cc1ccc(F)cc1)C1(C(=O)Cc2ccc(Oc3ncnc4cc(Cl)cnc34)cc2)CC1. The number of rotatable bonds is 8. The standard InChI is InChI=1S/C26H19ClFN3O3/c27-18-13-21-24(29-14-18)25(31-15-30-21)34-20-7-3-17(4-8-20)12-23(33)26(9-10-26)22(32)11-16-1-5-19(28)6-2-16/h1-8,13-15H,9-12H2. The zero-order chi connectivity index (χ0) is 23.7. The lowest BCUT2D eigenvalue weighted by atomic mass is 9.88. The highest BCUT2D eigenvalue weighted by molar-refractivity contribution is 6.31. The molecule has 0 N–H and O–H groups in total. The van der Waals surface area contributed by atoms with Crippen molar-refractivity contribution < 1.29 is 18.7 Å². The fraction of sp³-hybridized carbons (Fsp3) is 0.192. The molecule has 4 aromatic rings. The predicted octanol–water partition coefficient (Wildman–Crippen LogP) is 5.31. The Balaban J connectivity index is 1.25. The van der Waals surface area contributed by atoms with E-state index in [9.17, 15) is 14.0 Å². The Hall–Kier alpha value is -3.71. The third kappa shape index (κ3) is 4.52. The Kier molecular flexibility index (Phi) is 5.79. The third-order valence-electron chi connectivity index (χ3n) is 6.01. The molecule has 0 aliphatic heterocycles. The molecule has 8 heteroatoms. The molecule has 1 aliphatic rings. The Labute approximate surface area is 199 Å². The lowest BCUT2D eigenvalue weighted by Gasteiger charge is -2.13. The van der Waals surface area contributed by atoms with Crippen molar-refractivity contribution in [2.24, 2.45) is 5.41 Å². The molecule has 1 aliphatic carbocycles. The van der Waals surface area contributed by atoms with Crippen molar-refractivity contribution in [1.82, 2.24) is 15.0 Å². The second kappa shape index (κ2) is 8.91. The molecule has 170 valence electrons. The second-order valence-electron chi connectivity index (χ2n) is 8.35. The van der Waals surface area contributed by atoms with E-state index in [0.29, 0.717) is 46.1 Å². The van der Waals surface area contributed by atoms with Gasteiger partial charge in [-0.05, 0) is 54.3 Å². The monoisotopic (exact) mass is 475 g/mol. The van der Waals surface area contributed by atoms with Crippen molar-refractivity contribution in [2.45, 2.75) is 25.7 Å². The van der Waals surface area contributed by atoms with E-state index in [1.807, 2.05) is 0 Å². The molecule has 0 spiro atoms. The van der Waals surface area contributed by atoms with Crippen LogP contribution >= 0.6 is 11.6 Å². The number of hydrogen-bond acceptors (Lipinski definition) is 6.